The van der Waals surface area contributed by atoms with Crippen molar-refractivity contribution in [3.8, 4) is 11.5 Å². The van der Waals surface area contributed by atoms with Crippen LogP contribution in [0.2, 0.25) is 0 Å². The standard InChI is InChI=1S/C9H10N6O3/c1-13(2)6-10-14-5-7(11-12-14)8-3-4-9(18-8)15(16)17/h3-6H,1-2H3/b10-6+. The van der Waals surface area contributed by atoms with Crippen LogP contribution in [0, 0.1) is 10.1 Å². The van der Waals surface area contributed by atoms with Crippen LogP contribution in [0.4, 0.5) is 5.88 Å². The molecule has 0 saturated heterocycles. The van der Waals surface area contributed by atoms with E-state index in [9.17, 15) is 10.1 Å². The number of hydrogen-bond donors (Lipinski definition) is 0. The number of furan rings is 1. The highest BCUT2D eigenvalue weighted by Gasteiger charge is 2.15. The van der Waals surface area contributed by atoms with Gasteiger partial charge in [-0.1, -0.05) is 0 Å². The molecule has 2 heterocycles. The highest BCUT2D eigenvalue weighted by molar-refractivity contribution is 5.54. The molecule has 0 unspecified atom stereocenters. The lowest BCUT2D eigenvalue weighted by Gasteiger charge is -2.00. The Morgan fingerprint density at radius 2 is 2.33 bits per heavy atom. The van der Waals surface area contributed by atoms with Crippen molar-refractivity contribution >= 4 is 12.2 Å². The predicted octanol–water partition coefficient (Wildman–Crippen LogP) is 0.799. The van der Waals surface area contributed by atoms with Gasteiger partial charge in [0.2, 0.25) is 0 Å². The summed E-state index contributed by atoms with van der Waals surface area (Å²) < 4.78 is 4.99. The Hall–Kier alpha value is -2.71. The monoisotopic (exact) mass is 250 g/mol. The van der Waals surface area contributed by atoms with Gasteiger partial charge in [0.1, 0.15) is 11.3 Å². The van der Waals surface area contributed by atoms with Gasteiger partial charge in [-0.3, -0.25) is 10.1 Å². The van der Waals surface area contributed by atoms with Gasteiger partial charge in [0, 0.05) is 14.1 Å². The van der Waals surface area contributed by atoms with Gasteiger partial charge in [0.15, 0.2) is 11.5 Å². The van der Waals surface area contributed by atoms with Crippen LogP contribution >= 0.6 is 0 Å². The lowest BCUT2D eigenvalue weighted by molar-refractivity contribution is -0.401. The third kappa shape index (κ3) is 2.51. The van der Waals surface area contributed by atoms with Crippen LogP contribution in [0.25, 0.3) is 11.5 Å². The quantitative estimate of drug-likeness (QED) is 0.344. The molecule has 0 atom stereocenters. The molecule has 0 amide bonds. The second-order valence-electron chi connectivity index (χ2n) is 3.61. The number of hydrogen-bond acceptors (Lipinski definition) is 6. The molecule has 0 N–H and O–H groups in total. The Morgan fingerprint density at radius 1 is 1.56 bits per heavy atom. The normalized spacial score (nSPS) is 11.0. The average Bonchev–Trinajstić information content (AvgIpc) is 2.95. The smallest absolute Gasteiger partial charge is 0.399 e. The fraction of sp³-hybridized carbons (Fsp3) is 0.222. The first-order valence-electron chi connectivity index (χ1n) is 4.94. The first-order chi connectivity index (χ1) is 8.56. The van der Waals surface area contributed by atoms with E-state index in [0.29, 0.717) is 5.69 Å². The molecule has 2 aromatic rings. The topological polar surface area (TPSA) is 103 Å². The summed E-state index contributed by atoms with van der Waals surface area (Å²) in [5.74, 6) is -0.0654. The van der Waals surface area contributed by atoms with E-state index in [1.54, 1.807) is 11.2 Å². The van der Waals surface area contributed by atoms with E-state index in [4.69, 9.17) is 4.42 Å². The molecule has 0 aliphatic rings. The number of nitrogens with zero attached hydrogens (tertiary/aromatic N) is 6. The van der Waals surface area contributed by atoms with Gasteiger partial charge < -0.3 is 9.32 Å². The van der Waals surface area contributed by atoms with Gasteiger partial charge in [-0.15, -0.1) is 15.0 Å². The molecule has 0 radical (unpaired) electrons. The van der Waals surface area contributed by atoms with E-state index >= 15 is 0 Å². The molecule has 0 aromatic carbocycles. The maximum Gasteiger partial charge on any atom is 0.433 e. The van der Waals surface area contributed by atoms with Crippen LogP contribution in [-0.4, -0.2) is 45.4 Å². The van der Waals surface area contributed by atoms with Crippen LogP contribution in [-0.2, 0) is 0 Å². The molecule has 9 nitrogen and oxygen atoms in total. The van der Waals surface area contributed by atoms with Crippen molar-refractivity contribution in [1.29, 1.82) is 0 Å². The zero-order valence-electron chi connectivity index (χ0n) is 9.72. The molecule has 0 aliphatic carbocycles. The summed E-state index contributed by atoms with van der Waals surface area (Å²) in [5, 5.41) is 22.0. The highest BCUT2D eigenvalue weighted by Crippen LogP contribution is 2.23. The lowest BCUT2D eigenvalue weighted by atomic mass is 10.4. The Labute approximate surface area is 101 Å². The average molecular weight is 250 g/mol. The molecule has 2 rings (SSSR count). The van der Waals surface area contributed by atoms with Crippen molar-refractivity contribution in [1.82, 2.24) is 20.0 Å². The summed E-state index contributed by atoms with van der Waals surface area (Å²) in [4.78, 5) is 12.8. The second kappa shape index (κ2) is 4.65. The first-order valence-corrected chi connectivity index (χ1v) is 4.94. The van der Waals surface area contributed by atoms with Crippen LogP contribution in [0.3, 0.4) is 0 Å². The molecular weight excluding hydrogens is 240 g/mol. The van der Waals surface area contributed by atoms with Gasteiger partial charge in [0.05, 0.1) is 12.3 Å². The molecule has 0 bridgehead atoms. The van der Waals surface area contributed by atoms with Crippen LogP contribution in [0.15, 0.2) is 27.8 Å². The van der Waals surface area contributed by atoms with Gasteiger partial charge in [-0.25, -0.2) is 0 Å². The van der Waals surface area contributed by atoms with Crippen molar-refractivity contribution in [2.45, 2.75) is 0 Å². The molecule has 9 heteroatoms. The maximum absolute atomic E-state index is 10.5. The number of aromatic nitrogens is 3. The molecule has 18 heavy (non-hydrogen) atoms. The Bertz CT molecular complexity index is 585. The van der Waals surface area contributed by atoms with Crippen molar-refractivity contribution in [2.75, 3.05) is 14.1 Å². The van der Waals surface area contributed by atoms with E-state index in [0.717, 1.165) is 0 Å². The lowest BCUT2D eigenvalue weighted by Crippen LogP contribution is -2.09. The first kappa shape index (κ1) is 11.8. The van der Waals surface area contributed by atoms with Gasteiger partial charge in [-0.2, -0.15) is 0 Å². The van der Waals surface area contributed by atoms with Crippen molar-refractivity contribution in [3.05, 3.63) is 28.4 Å². The molecule has 0 saturated carbocycles. The van der Waals surface area contributed by atoms with Gasteiger partial charge >= 0.3 is 5.88 Å². The predicted molar refractivity (Wildman–Crippen MR) is 62.0 cm³/mol. The second-order valence-corrected chi connectivity index (χ2v) is 3.61. The van der Waals surface area contributed by atoms with Crippen LogP contribution in [0.1, 0.15) is 0 Å². The number of nitro groups is 1. The van der Waals surface area contributed by atoms with E-state index in [1.807, 2.05) is 14.1 Å². The van der Waals surface area contributed by atoms with Crippen LogP contribution < -0.4 is 0 Å². The third-order valence-corrected chi connectivity index (χ3v) is 1.91. The molecule has 2 aromatic heterocycles. The maximum atomic E-state index is 10.5. The minimum Gasteiger partial charge on any atom is -0.399 e. The summed E-state index contributed by atoms with van der Waals surface area (Å²) in [6, 6.07) is 2.72. The Kier molecular flexibility index (Phi) is 3.04. The summed E-state index contributed by atoms with van der Waals surface area (Å²) in [6.07, 6.45) is 3.05. The highest BCUT2D eigenvalue weighted by atomic mass is 16.6. The Balaban J connectivity index is 2.21. The molecular formula is C9H10N6O3. The minimum atomic E-state index is -0.613. The summed E-state index contributed by atoms with van der Waals surface area (Å²) in [7, 11) is 3.63. The summed E-state index contributed by atoms with van der Waals surface area (Å²) in [5.41, 5.74) is 0.374. The summed E-state index contributed by atoms with van der Waals surface area (Å²) in [6.45, 7) is 0. The Morgan fingerprint density at radius 3 is 2.94 bits per heavy atom. The minimum absolute atomic E-state index is 0.271. The molecule has 0 fully saturated rings. The fourth-order valence-corrected chi connectivity index (χ4v) is 1.14. The zero-order valence-corrected chi connectivity index (χ0v) is 9.72. The molecule has 94 valence electrons. The van der Waals surface area contributed by atoms with E-state index < -0.39 is 4.92 Å². The number of rotatable bonds is 4. The van der Waals surface area contributed by atoms with Crippen LogP contribution in [0.5, 0.6) is 0 Å². The SMILES string of the molecule is CN(C)/C=N/n1cc(-c2ccc([N+](=O)[O-])o2)nn1. The van der Waals surface area contributed by atoms with E-state index in [1.165, 1.54) is 23.1 Å². The third-order valence-electron chi connectivity index (χ3n) is 1.91. The van der Waals surface area contributed by atoms with E-state index in [-0.39, 0.29) is 11.6 Å². The summed E-state index contributed by atoms with van der Waals surface area (Å²) >= 11 is 0. The largest absolute Gasteiger partial charge is 0.433 e. The van der Waals surface area contributed by atoms with E-state index in [2.05, 4.69) is 15.4 Å². The molecule has 0 aliphatic heterocycles. The zero-order chi connectivity index (χ0) is 13.1. The van der Waals surface area contributed by atoms with Crippen molar-refractivity contribution < 1.29 is 9.34 Å². The fourth-order valence-electron chi connectivity index (χ4n) is 1.14. The molecule has 0 spiro atoms. The van der Waals surface area contributed by atoms with Gasteiger partial charge in [0.25, 0.3) is 0 Å². The van der Waals surface area contributed by atoms with Gasteiger partial charge in [-0.05, 0) is 11.3 Å². The van der Waals surface area contributed by atoms with Crippen molar-refractivity contribution in [2.24, 2.45) is 5.10 Å². The van der Waals surface area contributed by atoms with Crippen molar-refractivity contribution in [3.63, 3.8) is 0 Å².